The number of allylic oxidation sites excluding steroid dienone is 1. The maximum absolute atomic E-state index is 13.1. The number of pyridine rings is 1. The summed E-state index contributed by atoms with van der Waals surface area (Å²) in [5.74, 6) is -1.27. The first kappa shape index (κ1) is 20.3. The van der Waals surface area contributed by atoms with Gasteiger partial charge in [-0.2, -0.15) is 0 Å². The van der Waals surface area contributed by atoms with E-state index in [-0.39, 0.29) is 35.3 Å². The van der Waals surface area contributed by atoms with Gasteiger partial charge in [0.25, 0.3) is 5.91 Å². The lowest BCUT2D eigenvalue weighted by Gasteiger charge is -2.17. The van der Waals surface area contributed by atoms with Crippen molar-refractivity contribution in [2.75, 3.05) is 7.11 Å². The number of methoxy groups -OCH3 is 1. The zero-order valence-corrected chi connectivity index (χ0v) is 15.6. The largest absolute Gasteiger partial charge is 0.465 e. The van der Waals surface area contributed by atoms with E-state index in [2.05, 4.69) is 4.98 Å². The summed E-state index contributed by atoms with van der Waals surface area (Å²) >= 11 is 0. The Morgan fingerprint density at radius 2 is 1.96 bits per heavy atom. The molecule has 0 radical (unpaired) electrons. The van der Waals surface area contributed by atoms with Crippen molar-refractivity contribution in [3.63, 3.8) is 0 Å². The van der Waals surface area contributed by atoms with Crippen LogP contribution in [0.4, 0.5) is 4.39 Å². The van der Waals surface area contributed by atoms with Gasteiger partial charge in [0.15, 0.2) is 0 Å². The van der Waals surface area contributed by atoms with Gasteiger partial charge in [-0.1, -0.05) is 18.2 Å². The highest BCUT2D eigenvalue weighted by molar-refractivity contribution is 6.16. The lowest BCUT2D eigenvalue weighted by atomic mass is 10.0. The smallest absolute Gasteiger partial charge is 0.340 e. The van der Waals surface area contributed by atoms with Crippen molar-refractivity contribution in [3.05, 3.63) is 82.6 Å². The van der Waals surface area contributed by atoms with E-state index in [1.165, 1.54) is 24.1 Å². The number of hydrogen-bond donors (Lipinski definition) is 0. The molecule has 1 aliphatic rings. The van der Waals surface area contributed by atoms with Crippen LogP contribution in [0.3, 0.4) is 0 Å². The van der Waals surface area contributed by atoms with Crippen molar-refractivity contribution in [2.45, 2.75) is 13.5 Å². The van der Waals surface area contributed by atoms with Crippen LogP contribution >= 0.6 is 12.4 Å². The summed E-state index contributed by atoms with van der Waals surface area (Å²) in [4.78, 5) is 30.7. The molecule has 3 rings (SSSR count). The van der Waals surface area contributed by atoms with Crippen LogP contribution in [0.5, 0.6) is 0 Å². The molecule has 140 valence electrons. The predicted molar refractivity (Wildman–Crippen MR) is 101 cm³/mol. The molecule has 0 bridgehead atoms. The summed E-state index contributed by atoms with van der Waals surface area (Å²) in [7, 11) is 1.27. The number of benzene rings is 1. The lowest BCUT2D eigenvalue weighted by Crippen LogP contribution is -2.24. The molecule has 0 saturated heterocycles. The van der Waals surface area contributed by atoms with Crippen LogP contribution in [0.2, 0.25) is 0 Å². The minimum Gasteiger partial charge on any atom is -0.465 e. The maximum atomic E-state index is 13.1. The Bertz CT molecular complexity index is 909. The summed E-state index contributed by atoms with van der Waals surface area (Å²) in [5.41, 5.74) is 2.41. The molecule has 0 atom stereocenters. The fourth-order valence-corrected chi connectivity index (χ4v) is 2.82. The summed E-state index contributed by atoms with van der Waals surface area (Å²) < 4.78 is 18.0. The lowest BCUT2D eigenvalue weighted by molar-refractivity contribution is -0.136. The van der Waals surface area contributed by atoms with Gasteiger partial charge in [0.05, 0.1) is 24.8 Å². The molecule has 2 heterocycles. The first-order valence-electron chi connectivity index (χ1n) is 7.99. The number of rotatable bonds is 4. The van der Waals surface area contributed by atoms with Crippen LogP contribution < -0.4 is 0 Å². The zero-order valence-electron chi connectivity index (χ0n) is 14.8. The van der Waals surface area contributed by atoms with Crippen LogP contribution in [-0.2, 0) is 20.9 Å². The van der Waals surface area contributed by atoms with Gasteiger partial charge in [-0.05, 0) is 42.3 Å². The number of hydrogen-bond acceptors (Lipinski definition) is 4. The molecular weight excluding hydrogens is 371 g/mol. The number of halogens is 2. The molecule has 0 N–H and O–H groups in total. The zero-order chi connectivity index (χ0) is 18.7. The molecule has 5 nitrogen and oxygen atoms in total. The van der Waals surface area contributed by atoms with Crippen molar-refractivity contribution >= 4 is 30.4 Å². The number of carbonyl (C=O) groups is 2. The van der Waals surface area contributed by atoms with E-state index < -0.39 is 5.97 Å². The quantitative estimate of drug-likeness (QED) is 0.594. The second-order valence-electron chi connectivity index (χ2n) is 5.81. The molecule has 27 heavy (non-hydrogen) atoms. The van der Waals surface area contributed by atoms with E-state index in [4.69, 9.17) is 4.74 Å². The second-order valence-corrected chi connectivity index (χ2v) is 5.81. The first-order chi connectivity index (χ1) is 12.5. The first-order valence-corrected chi connectivity index (χ1v) is 7.99. The van der Waals surface area contributed by atoms with E-state index in [1.807, 2.05) is 6.07 Å². The Morgan fingerprint density at radius 3 is 2.56 bits per heavy atom. The molecule has 1 aromatic carbocycles. The third kappa shape index (κ3) is 4.23. The van der Waals surface area contributed by atoms with Gasteiger partial charge in [0.2, 0.25) is 0 Å². The van der Waals surface area contributed by atoms with Crippen LogP contribution in [-0.4, -0.2) is 28.9 Å². The van der Waals surface area contributed by atoms with Crippen LogP contribution in [0.15, 0.2) is 65.6 Å². The van der Waals surface area contributed by atoms with Crippen molar-refractivity contribution in [1.82, 2.24) is 9.88 Å². The third-order valence-electron chi connectivity index (χ3n) is 4.15. The van der Waals surface area contributed by atoms with Gasteiger partial charge in [-0.15, -0.1) is 12.4 Å². The molecule has 1 aliphatic heterocycles. The minimum absolute atomic E-state index is 0. The fraction of sp³-hybridized carbons (Fsp3) is 0.150. The van der Waals surface area contributed by atoms with Gasteiger partial charge in [-0.25, -0.2) is 9.18 Å². The van der Waals surface area contributed by atoms with Crippen molar-refractivity contribution in [2.24, 2.45) is 0 Å². The van der Waals surface area contributed by atoms with Crippen LogP contribution in [0.1, 0.15) is 18.1 Å². The maximum Gasteiger partial charge on any atom is 0.340 e. The highest BCUT2D eigenvalue weighted by Gasteiger charge is 2.36. The van der Waals surface area contributed by atoms with Crippen molar-refractivity contribution < 1.29 is 18.7 Å². The van der Waals surface area contributed by atoms with Gasteiger partial charge in [-0.3, -0.25) is 9.78 Å². The standard InChI is InChI=1S/C20H17FN2O3.ClH/c1-13-18(20(25)26-2)17(10-14-5-7-16(21)8-6-14)19(24)23(13)12-15-4-3-9-22-11-15;/h3-11H,12H2,1-2H3;1H. The number of carbonyl (C=O) groups excluding carboxylic acids is 2. The number of esters is 1. The molecule has 1 amide bonds. The highest BCUT2D eigenvalue weighted by Crippen LogP contribution is 2.32. The number of ether oxygens (including phenoxy) is 1. The molecular formula is C20H18ClFN2O3. The highest BCUT2D eigenvalue weighted by atomic mass is 35.5. The monoisotopic (exact) mass is 388 g/mol. The fourth-order valence-electron chi connectivity index (χ4n) is 2.82. The summed E-state index contributed by atoms with van der Waals surface area (Å²) in [5, 5.41) is 0. The normalized spacial score (nSPS) is 15.1. The van der Waals surface area contributed by atoms with E-state index >= 15 is 0 Å². The van der Waals surface area contributed by atoms with E-state index in [1.54, 1.807) is 43.6 Å². The third-order valence-corrected chi connectivity index (χ3v) is 4.15. The number of amides is 1. The Kier molecular flexibility index (Phi) is 6.47. The van der Waals surface area contributed by atoms with Crippen LogP contribution in [0, 0.1) is 5.82 Å². The molecule has 0 unspecified atom stereocenters. The van der Waals surface area contributed by atoms with E-state index in [0.29, 0.717) is 17.8 Å². The van der Waals surface area contributed by atoms with Crippen LogP contribution in [0.25, 0.3) is 6.08 Å². The SMILES string of the molecule is COC(=O)C1=C(C)N(Cc2cccnc2)C(=O)C1=Cc1ccc(F)cc1.Cl. The molecule has 0 aliphatic carbocycles. The molecule has 0 spiro atoms. The Balaban J connectivity index is 0.00000261. The minimum atomic E-state index is -0.585. The average molecular weight is 389 g/mol. The summed E-state index contributed by atoms with van der Waals surface area (Å²) in [6.45, 7) is 1.99. The molecule has 0 fully saturated rings. The second kappa shape index (κ2) is 8.60. The number of aromatic nitrogens is 1. The molecule has 1 aromatic heterocycles. The average Bonchev–Trinajstić information content (AvgIpc) is 2.88. The molecule has 2 aromatic rings. The van der Waals surface area contributed by atoms with Gasteiger partial charge < -0.3 is 9.64 Å². The van der Waals surface area contributed by atoms with Gasteiger partial charge >= 0.3 is 5.97 Å². The Morgan fingerprint density at radius 1 is 1.26 bits per heavy atom. The number of nitrogens with zero attached hydrogens (tertiary/aromatic N) is 2. The molecule has 7 heteroatoms. The Labute approximate surface area is 162 Å². The van der Waals surface area contributed by atoms with E-state index in [0.717, 1.165) is 5.56 Å². The predicted octanol–water partition coefficient (Wildman–Crippen LogP) is 3.52. The summed E-state index contributed by atoms with van der Waals surface area (Å²) in [6.07, 6.45) is 4.89. The van der Waals surface area contributed by atoms with Gasteiger partial charge in [0, 0.05) is 18.1 Å². The topological polar surface area (TPSA) is 59.5 Å². The van der Waals surface area contributed by atoms with Gasteiger partial charge in [0.1, 0.15) is 5.82 Å². The van der Waals surface area contributed by atoms with Crippen molar-refractivity contribution in [3.8, 4) is 0 Å². The molecule has 0 saturated carbocycles. The van der Waals surface area contributed by atoms with Crippen molar-refractivity contribution in [1.29, 1.82) is 0 Å². The summed E-state index contributed by atoms with van der Waals surface area (Å²) in [6, 6.07) is 9.33. The Hall–Kier alpha value is -2.99. The van der Waals surface area contributed by atoms with E-state index in [9.17, 15) is 14.0 Å².